The van der Waals surface area contributed by atoms with Gasteiger partial charge in [-0.15, -0.1) is 11.3 Å². The van der Waals surface area contributed by atoms with Crippen molar-refractivity contribution in [1.82, 2.24) is 10.3 Å². The van der Waals surface area contributed by atoms with Gasteiger partial charge in [-0.25, -0.2) is 9.78 Å². The molecule has 6 nitrogen and oxygen atoms in total. The first-order chi connectivity index (χ1) is 8.76. The number of carboxylic acid groups (broad SMARTS) is 1. The van der Waals surface area contributed by atoms with Crippen molar-refractivity contribution in [1.29, 1.82) is 0 Å². The molecule has 0 fully saturated rings. The zero-order valence-electron chi connectivity index (χ0n) is 13.0. The monoisotopic (exact) mass is 292 g/mol. The Morgan fingerprint density at radius 3 is 2.70 bits per heavy atom. The minimum atomic E-state index is -1.03. The molecule has 0 aromatic carbocycles. The number of carbonyl (C=O) groups excluding carboxylic acids is 1. The first-order valence-corrected chi connectivity index (χ1v) is 6.76. The van der Waals surface area contributed by atoms with Crippen LogP contribution in [0.3, 0.4) is 0 Å². The standard InChI is InChI=1S/C12H16N2O4S.Li.H/c1-12(2,3)18-11(17)7-4-6-8(5-13-7)19-9(14-6)10(15)16;;/h7,13H,4-5H2,1-3H3,(H,15,16);;/q;+1;-1. The van der Waals surface area contributed by atoms with Gasteiger partial charge in [0.05, 0.1) is 5.69 Å². The van der Waals surface area contributed by atoms with E-state index in [-0.39, 0.29) is 31.3 Å². The summed E-state index contributed by atoms with van der Waals surface area (Å²) in [6.07, 6.45) is 0.369. The summed E-state index contributed by atoms with van der Waals surface area (Å²) in [7, 11) is 0. The van der Waals surface area contributed by atoms with Gasteiger partial charge >= 0.3 is 30.8 Å². The van der Waals surface area contributed by atoms with Gasteiger partial charge in [0, 0.05) is 17.8 Å². The zero-order chi connectivity index (χ0) is 14.2. The number of rotatable bonds is 2. The predicted molar refractivity (Wildman–Crippen MR) is 70.4 cm³/mol. The van der Waals surface area contributed by atoms with Gasteiger partial charge in [0.15, 0.2) is 0 Å². The topological polar surface area (TPSA) is 88.5 Å². The summed E-state index contributed by atoms with van der Waals surface area (Å²) in [5.74, 6) is -1.36. The van der Waals surface area contributed by atoms with E-state index in [1.54, 1.807) is 0 Å². The second kappa shape index (κ2) is 6.27. The third-order valence-electron chi connectivity index (χ3n) is 2.56. The summed E-state index contributed by atoms with van der Waals surface area (Å²) >= 11 is 1.15. The van der Waals surface area contributed by atoms with Gasteiger partial charge in [-0.05, 0) is 20.8 Å². The zero-order valence-corrected chi connectivity index (χ0v) is 12.8. The Kier molecular flexibility index (Phi) is 5.38. The van der Waals surface area contributed by atoms with Crippen LogP contribution >= 0.6 is 11.3 Å². The molecule has 0 radical (unpaired) electrons. The summed E-state index contributed by atoms with van der Waals surface area (Å²) in [5, 5.41) is 12.0. The Hall–Kier alpha value is -0.873. The summed E-state index contributed by atoms with van der Waals surface area (Å²) in [5.41, 5.74) is 0.143. The smallest absolute Gasteiger partial charge is 1.00 e. The van der Waals surface area contributed by atoms with Crippen LogP contribution < -0.4 is 24.2 Å². The minimum absolute atomic E-state index is 0. The number of hydrogen-bond donors (Lipinski definition) is 2. The molecular weight excluding hydrogens is 275 g/mol. The van der Waals surface area contributed by atoms with Crippen LogP contribution in [0.25, 0.3) is 0 Å². The van der Waals surface area contributed by atoms with Crippen molar-refractivity contribution in [2.24, 2.45) is 0 Å². The molecule has 2 heterocycles. The molecular formula is C12H17LiN2O4S. The molecule has 0 saturated carbocycles. The summed E-state index contributed by atoms with van der Waals surface area (Å²) < 4.78 is 5.30. The minimum Gasteiger partial charge on any atom is -1.00 e. The number of esters is 1. The number of thiazole rings is 1. The average Bonchev–Trinajstić information content (AvgIpc) is 2.69. The maximum Gasteiger partial charge on any atom is 1.00 e. The Labute approximate surface area is 134 Å². The number of ether oxygens (including phenoxy) is 1. The predicted octanol–water partition coefficient (Wildman–Crippen LogP) is -1.69. The van der Waals surface area contributed by atoms with E-state index in [2.05, 4.69) is 10.3 Å². The molecule has 0 saturated heterocycles. The molecule has 0 amide bonds. The number of hydrogen-bond acceptors (Lipinski definition) is 6. The summed E-state index contributed by atoms with van der Waals surface area (Å²) in [4.78, 5) is 27.7. The van der Waals surface area contributed by atoms with Crippen molar-refractivity contribution in [3.63, 3.8) is 0 Å². The molecule has 8 heteroatoms. The van der Waals surface area contributed by atoms with Crippen LogP contribution in [-0.4, -0.2) is 33.7 Å². The van der Waals surface area contributed by atoms with Crippen molar-refractivity contribution in [2.75, 3.05) is 0 Å². The second-order valence-corrected chi connectivity index (χ2v) is 6.45. The Bertz CT molecular complexity index is 530. The molecule has 2 rings (SSSR count). The van der Waals surface area contributed by atoms with Crippen LogP contribution in [0.5, 0.6) is 0 Å². The fourth-order valence-corrected chi connectivity index (χ4v) is 2.67. The molecule has 2 N–H and O–H groups in total. The van der Waals surface area contributed by atoms with Crippen LogP contribution in [0.1, 0.15) is 42.6 Å². The number of carbonyl (C=O) groups is 2. The van der Waals surface area contributed by atoms with Crippen LogP contribution in [0, 0.1) is 0 Å². The van der Waals surface area contributed by atoms with Crippen molar-refractivity contribution in [3.8, 4) is 0 Å². The molecule has 106 valence electrons. The molecule has 1 unspecified atom stereocenters. The fourth-order valence-electron chi connectivity index (χ4n) is 1.79. The number of fused-ring (bicyclic) bond motifs is 1. The van der Waals surface area contributed by atoms with E-state index in [4.69, 9.17) is 9.84 Å². The van der Waals surface area contributed by atoms with Gasteiger partial charge in [0.1, 0.15) is 11.6 Å². The number of aromatic nitrogens is 1. The van der Waals surface area contributed by atoms with Crippen molar-refractivity contribution < 1.29 is 39.7 Å². The van der Waals surface area contributed by atoms with E-state index in [0.29, 0.717) is 18.7 Å². The second-order valence-electron chi connectivity index (χ2n) is 5.37. The van der Waals surface area contributed by atoms with Crippen molar-refractivity contribution in [3.05, 3.63) is 15.6 Å². The quantitative estimate of drug-likeness (QED) is 0.500. The normalized spacial score (nSPS) is 17.9. The molecule has 1 aliphatic rings. The number of nitrogens with zero attached hydrogens (tertiary/aromatic N) is 1. The van der Waals surface area contributed by atoms with Gasteiger partial charge in [0.2, 0.25) is 5.01 Å². The fraction of sp³-hybridized carbons (Fsp3) is 0.583. The van der Waals surface area contributed by atoms with E-state index in [1.807, 2.05) is 20.8 Å². The first kappa shape index (κ1) is 17.2. The maximum atomic E-state index is 11.9. The Morgan fingerprint density at radius 1 is 1.50 bits per heavy atom. The average molecular weight is 292 g/mol. The third-order valence-corrected chi connectivity index (χ3v) is 3.64. The summed E-state index contributed by atoms with van der Waals surface area (Å²) in [6.45, 7) is 5.88. The number of aromatic carboxylic acids is 1. The van der Waals surface area contributed by atoms with E-state index in [0.717, 1.165) is 16.2 Å². The van der Waals surface area contributed by atoms with Gasteiger partial charge in [-0.1, -0.05) is 0 Å². The van der Waals surface area contributed by atoms with Crippen molar-refractivity contribution >= 4 is 23.3 Å². The Morgan fingerprint density at radius 2 is 2.15 bits per heavy atom. The van der Waals surface area contributed by atoms with E-state index in [1.165, 1.54) is 0 Å². The molecule has 20 heavy (non-hydrogen) atoms. The molecule has 0 spiro atoms. The van der Waals surface area contributed by atoms with Crippen molar-refractivity contribution in [2.45, 2.75) is 45.4 Å². The van der Waals surface area contributed by atoms with Crippen LogP contribution in [0.4, 0.5) is 0 Å². The van der Waals surface area contributed by atoms with E-state index < -0.39 is 17.6 Å². The van der Waals surface area contributed by atoms with Crippen LogP contribution in [-0.2, 0) is 22.5 Å². The molecule has 1 aromatic heterocycles. The molecule has 1 atom stereocenters. The largest absolute Gasteiger partial charge is 1.00 e. The van der Waals surface area contributed by atoms with Gasteiger partial charge in [-0.2, -0.15) is 0 Å². The summed E-state index contributed by atoms with van der Waals surface area (Å²) in [6, 6.07) is -0.463. The number of carboxylic acids is 1. The maximum absolute atomic E-state index is 11.9. The van der Waals surface area contributed by atoms with Crippen LogP contribution in [0.15, 0.2) is 0 Å². The molecule has 0 aliphatic carbocycles. The number of nitrogens with one attached hydrogen (secondary N) is 1. The SMILES string of the molecule is CC(C)(C)OC(=O)C1Cc2nc(C(=O)O)sc2CN1.[H-].[Li+]. The van der Waals surface area contributed by atoms with E-state index in [9.17, 15) is 9.59 Å². The molecule has 1 aromatic rings. The van der Waals surface area contributed by atoms with Gasteiger partial charge < -0.3 is 11.3 Å². The van der Waals surface area contributed by atoms with Gasteiger partial charge in [0.25, 0.3) is 0 Å². The third kappa shape index (κ3) is 4.06. The first-order valence-electron chi connectivity index (χ1n) is 5.94. The molecule has 0 bridgehead atoms. The van der Waals surface area contributed by atoms with Crippen LogP contribution in [0.2, 0.25) is 0 Å². The molecule has 1 aliphatic heterocycles. The van der Waals surface area contributed by atoms with Gasteiger partial charge in [-0.3, -0.25) is 10.1 Å². The Balaban J connectivity index is 0.00000200. The van der Waals surface area contributed by atoms with E-state index >= 15 is 0 Å².